The maximum Gasteiger partial charge on any atom is 0.335 e. The second-order valence-corrected chi connectivity index (χ2v) is 4.06. The summed E-state index contributed by atoms with van der Waals surface area (Å²) in [6.07, 6.45) is 0.306. The van der Waals surface area contributed by atoms with Crippen LogP contribution in [0.15, 0.2) is 24.3 Å². The smallest absolute Gasteiger partial charge is 0.335 e. The van der Waals surface area contributed by atoms with Crippen molar-refractivity contribution in [2.24, 2.45) is 0 Å². The van der Waals surface area contributed by atoms with E-state index in [-0.39, 0.29) is 17.4 Å². The lowest BCUT2D eigenvalue weighted by molar-refractivity contribution is -0.116. The molecule has 0 saturated heterocycles. The zero-order valence-corrected chi connectivity index (χ0v) is 10.6. The monoisotopic (exact) mass is 264 g/mol. The zero-order chi connectivity index (χ0) is 14.3. The standard InChI is InChI=1S/C13H16N2O4/c1-9(16)6-7-14-13(19)15-8-10-2-4-11(5-3-10)12(17)18/h2-5H,6-8H2,1H3,(H,17,18)(H2,14,15,19). The Morgan fingerprint density at radius 3 is 2.26 bits per heavy atom. The fourth-order valence-electron chi connectivity index (χ4n) is 1.36. The van der Waals surface area contributed by atoms with E-state index in [4.69, 9.17) is 5.11 Å². The van der Waals surface area contributed by atoms with E-state index in [2.05, 4.69) is 10.6 Å². The predicted molar refractivity (Wildman–Crippen MR) is 68.9 cm³/mol. The van der Waals surface area contributed by atoms with Gasteiger partial charge >= 0.3 is 12.0 Å². The first-order valence-corrected chi connectivity index (χ1v) is 5.82. The highest BCUT2D eigenvalue weighted by atomic mass is 16.4. The van der Waals surface area contributed by atoms with Crippen molar-refractivity contribution in [2.75, 3.05) is 6.54 Å². The topological polar surface area (TPSA) is 95.5 Å². The summed E-state index contributed by atoms with van der Waals surface area (Å²) in [7, 11) is 0. The van der Waals surface area contributed by atoms with Crippen LogP contribution in [0, 0.1) is 0 Å². The Bertz CT molecular complexity index is 468. The van der Waals surface area contributed by atoms with Gasteiger partial charge in [-0.3, -0.25) is 4.79 Å². The average Bonchev–Trinajstić information content (AvgIpc) is 2.36. The summed E-state index contributed by atoms with van der Waals surface area (Å²) in [5.41, 5.74) is 1.00. The van der Waals surface area contributed by atoms with Gasteiger partial charge in [0.05, 0.1) is 5.56 Å². The van der Waals surface area contributed by atoms with Crippen molar-refractivity contribution in [3.05, 3.63) is 35.4 Å². The predicted octanol–water partition coefficient (Wildman–Crippen LogP) is 1.16. The van der Waals surface area contributed by atoms with Crippen LogP contribution < -0.4 is 10.6 Å². The molecule has 0 radical (unpaired) electrons. The summed E-state index contributed by atoms with van der Waals surface area (Å²) >= 11 is 0. The number of benzene rings is 1. The molecule has 19 heavy (non-hydrogen) atoms. The summed E-state index contributed by atoms with van der Waals surface area (Å²) in [5, 5.41) is 13.9. The molecule has 0 unspecified atom stereocenters. The third-order valence-electron chi connectivity index (χ3n) is 2.42. The van der Waals surface area contributed by atoms with Crippen LogP contribution >= 0.6 is 0 Å². The van der Waals surface area contributed by atoms with Gasteiger partial charge in [-0.1, -0.05) is 12.1 Å². The second kappa shape index (κ2) is 7.15. The first-order valence-electron chi connectivity index (χ1n) is 5.82. The van der Waals surface area contributed by atoms with Gasteiger partial charge in [0.15, 0.2) is 0 Å². The van der Waals surface area contributed by atoms with Gasteiger partial charge < -0.3 is 15.7 Å². The molecule has 0 bridgehead atoms. The fourth-order valence-corrected chi connectivity index (χ4v) is 1.36. The number of aromatic carboxylic acids is 1. The normalized spacial score (nSPS) is 9.74. The van der Waals surface area contributed by atoms with E-state index in [1.165, 1.54) is 19.1 Å². The number of carbonyl (C=O) groups is 3. The molecule has 1 rings (SSSR count). The molecule has 1 aromatic carbocycles. The van der Waals surface area contributed by atoms with Crippen molar-refractivity contribution in [3.63, 3.8) is 0 Å². The van der Waals surface area contributed by atoms with Crippen molar-refractivity contribution >= 4 is 17.8 Å². The fraction of sp³-hybridized carbons (Fsp3) is 0.308. The van der Waals surface area contributed by atoms with Crippen molar-refractivity contribution < 1.29 is 19.5 Å². The molecular formula is C13H16N2O4. The van der Waals surface area contributed by atoms with E-state index >= 15 is 0 Å². The Labute approximate surface area is 110 Å². The van der Waals surface area contributed by atoms with Gasteiger partial charge in [0.2, 0.25) is 0 Å². The number of carbonyl (C=O) groups excluding carboxylic acids is 2. The highest BCUT2D eigenvalue weighted by Gasteiger charge is 2.03. The van der Waals surface area contributed by atoms with Gasteiger partial charge in [0, 0.05) is 19.5 Å². The Kier molecular flexibility index (Phi) is 5.53. The molecule has 0 aliphatic carbocycles. The number of carboxylic acid groups (broad SMARTS) is 1. The molecule has 2 amide bonds. The van der Waals surface area contributed by atoms with E-state index < -0.39 is 5.97 Å². The van der Waals surface area contributed by atoms with E-state index in [1.807, 2.05) is 0 Å². The third-order valence-corrected chi connectivity index (χ3v) is 2.42. The van der Waals surface area contributed by atoms with Gasteiger partial charge in [0.1, 0.15) is 5.78 Å². The van der Waals surface area contributed by atoms with E-state index in [1.54, 1.807) is 12.1 Å². The van der Waals surface area contributed by atoms with Gasteiger partial charge in [-0.25, -0.2) is 9.59 Å². The summed E-state index contributed by atoms with van der Waals surface area (Å²) in [6, 6.07) is 5.88. The van der Waals surface area contributed by atoms with Crippen molar-refractivity contribution in [3.8, 4) is 0 Å². The van der Waals surface area contributed by atoms with E-state index in [9.17, 15) is 14.4 Å². The minimum Gasteiger partial charge on any atom is -0.478 e. The third kappa shape index (κ3) is 5.67. The van der Waals surface area contributed by atoms with Crippen LogP contribution in [-0.2, 0) is 11.3 Å². The molecule has 0 heterocycles. The van der Waals surface area contributed by atoms with Crippen LogP contribution in [0.2, 0.25) is 0 Å². The average molecular weight is 264 g/mol. The van der Waals surface area contributed by atoms with Crippen molar-refractivity contribution in [1.82, 2.24) is 10.6 Å². The summed E-state index contributed by atoms with van der Waals surface area (Å²) in [4.78, 5) is 32.7. The van der Waals surface area contributed by atoms with E-state index in [0.717, 1.165) is 5.56 Å². The maximum absolute atomic E-state index is 11.3. The number of hydrogen-bond acceptors (Lipinski definition) is 3. The van der Waals surface area contributed by atoms with Gasteiger partial charge in [-0.05, 0) is 24.6 Å². The first-order chi connectivity index (χ1) is 8.99. The van der Waals surface area contributed by atoms with Crippen molar-refractivity contribution in [1.29, 1.82) is 0 Å². The number of Topliss-reactive ketones (excluding diaryl/α,β-unsaturated/α-hetero) is 1. The molecule has 0 aliphatic heterocycles. The maximum atomic E-state index is 11.3. The lowest BCUT2D eigenvalue weighted by Gasteiger charge is -2.07. The van der Waals surface area contributed by atoms with Crippen LogP contribution in [0.3, 0.4) is 0 Å². The largest absolute Gasteiger partial charge is 0.478 e. The van der Waals surface area contributed by atoms with Crippen LogP contribution in [0.1, 0.15) is 29.3 Å². The highest BCUT2D eigenvalue weighted by molar-refractivity contribution is 5.87. The van der Waals surface area contributed by atoms with Crippen LogP contribution in [0.25, 0.3) is 0 Å². The molecule has 102 valence electrons. The van der Waals surface area contributed by atoms with Crippen LogP contribution in [0.4, 0.5) is 4.79 Å². The molecule has 0 fully saturated rings. The van der Waals surface area contributed by atoms with Gasteiger partial charge in [0.25, 0.3) is 0 Å². The Hall–Kier alpha value is -2.37. The number of amides is 2. The summed E-state index contributed by atoms with van der Waals surface area (Å²) in [5.74, 6) is -0.967. The lowest BCUT2D eigenvalue weighted by atomic mass is 10.1. The molecule has 6 nitrogen and oxygen atoms in total. The number of ketones is 1. The lowest BCUT2D eigenvalue weighted by Crippen LogP contribution is -2.36. The first kappa shape index (κ1) is 14.7. The Morgan fingerprint density at radius 1 is 1.11 bits per heavy atom. The molecule has 0 aliphatic rings. The number of nitrogens with one attached hydrogen (secondary N) is 2. The molecule has 0 atom stereocenters. The summed E-state index contributed by atoms with van der Waals surface area (Å²) < 4.78 is 0. The van der Waals surface area contributed by atoms with Crippen LogP contribution in [0.5, 0.6) is 0 Å². The summed E-state index contributed by atoms with van der Waals surface area (Å²) in [6.45, 7) is 2.06. The highest BCUT2D eigenvalue weighted by Crippen LogP contribution is 2.03. The Balaban J connectivity index is 2.33. The molecular weight excluding hydrogens is 248 g/mol. The molecule has 0 saturated carbocycles. The van der Waals surface area contributed by atoms with Crippen molar-refractivity contribution in [2.45, 2.75) is 19.9 Å². The minimum atomic E-state index is -0.985. The van der Waals surface area contributed by atoms with E-state index in [0.29, 0.717) is 19.5 Å². The Morgan fingerprint density at radius 2 is 1.74 bits per heavy atom. The zero-order valence-electron chi connectivity index (χ0n) is 10.6. The SMILES string of the molecule is CC(=O)CCNC(=O)NCc1ccc(C(=O)O)cc1. The quantitative estimate of drug-likeness (QED) is 0.718. The van der Waals surface area contributed by atoms with Crippen LogP contribution in [-0.4, -0.2) is 29.4 Å². The number of urea groups is 1. The molecule has 3 N–H and O–H groups in total. The molecule has 6 heteroatoms. The number of rotatable bonds is 6. The minimum absolute atomic E-state index is 0.0181. The van der Waals surface area contributed by atoms with Gasteiger partial charge in [-0.2, -0.15) is 0 Å². The molecule has 0 spiro atoms. The number of carboxylic acids is 1. The molecule has 1 aromatic rings. The number of hydrogen-bond donors (Lipinski definition) is 3. The molecule has 0 aromatic heterocycles. The second-order valence-electron chi connectivity index (χ2n) is 4.06. The van der Waals surface area contributed by atoms with Gasteiger partial charge in [-0.15, -0.1) is 0 Å².